The van der Waals surface area contributed by atoms with Crippen molar-refractivity contribution in [3.8, 4) is 0 Å². The molecule has 1 heterocycles. The van der Waals surface area contributed by atoms with Gasteiger partial charge < -0.3 is 4.74 Å². The molecule has 6 heteroatoms. The Labute approximate surface area is 63.2 Å². The Kier molecular flexibility index (Phi) is 3.25. The fourth-order valence-corrected chi connectivity index (χ4v) is 0.778. The molecule has 0 saturated carbocycles. The molecule has 1 fully saturated rings. The minimum Gasteiger partial charge on any atom is -0.355 e. The van der Waals surface area contributed by atoms with Crippen molar-refractivity contribution in [1.82, 2.24) is 0 Å². The fraction of sp³-hybridized carbons (Fsp3) is 1.00. The summed E-state index contributed by atoms with van der Waals surface area (Å²) in [5, 5.41) is 10.1. The molecule has 1 rings (SSSR count). The van der Waals surface area contributed by atoms with E-state index in [0.717, 1.165) is 19.4 Å². The van der Waals surface area contributed by atoms with E-state index in [9.17, 15) is 0 Å². The lowest BCUT2D eigenvalue weighted by atomic mass is 10.3. The molecule has 56 valence electrons. The SMILES string of the molecule is ClN=NN=NC1CCCO1. The summed E-state index contributed by atoms with van der Waals surface area (Å²) in [5.74, 6) is 0. The molecule has 0 aromatic heterocycles. The molecule has 0 N–H and O–H groups in total. The molecule has 10 heavy (non-hydrogen) atoms. The first-order valence-electron chi connectivity index (χ1n) is 2.96. The molecule has 0 radical (unpaired) electrons. The number of halogens is 1. The van der Waals surface area contributed by atoms with E-state index < -0.39 is 0 Å². The zero-order valence-corrected chi connectivity index (χ0v) is 6.03. The fourth-order valence-electron chi connectivity index (χ4n) is 0.748. The van der Waals surface area contributed by atoms with Gasteiger partial charge in [-0.1, -0.05) is 4.63 Å². The van der Waals surface area contributed by atoms with Crippen molar-refractivity contribution in [3.63, 3.8) is 0 Å². The van der Waals surface area contributed by atoms with Crippen LogP contribution in [0.25, 0.3) is 0 Å². The van der Waals surface area contributed by atoms with Crippen LogP contribution in [-0.2, 0) is 4.74 Å². The van der Waals surface area contributed by atoms with Crippen molar-refractivity contribution in [1.29, 1.82) is 0 Å². The average Bonchev–Trinajstić information content (AvgIpc) is 2.41. The van der Waals surface area contributed by atoms with E-state index in [-0.39, 0.29) is 6.23 Å². The smallest absolute Gasteiger partial charge is 0.170 e. The molecule has 0 bridgehead atoms. The summed E-state index contributed by atoms with van der Waals surface area (Å²) in [6.45, 7) is 0.752. The van der Waals surface area contributed by atoms with Crippen molar-refractivity contribution < 1.29 is 4.74 Å². The Morgan fingerprint density at radius 2 is 2.30 bits per heavy atom. The van der Waals surface area contributed by atoms with Crippen LogP contribution in [0.4, 0.5) is 0 Å². The lowest BCUT2D eigenvalue weighted by molar-refractivity contribution is 0.112. The Morgan fingerprint density at radius 3 is 2.90 bits per heavy atom. The van der Waals surface area contributed by atoms with Crippen molar-refractivity contribution in [2.24, 2.45) is 20.2 Å². The first-order valence-corrected chi connectivity index (χ1v) is 3.30. The van der Waals surface area contributed by atoms with Crippen LogP contribution in [0.15, 0.2) is 20.2 Å². The highest BCUT2D eigenvalue weighted by atomic mass is 35.5. The van der Waals surface area contributed by atoms with Crippen LogP contribution in [0.2, 0.25) is 0 Å². The number of rotatable bonds is 2. The Bertz CT molecular complexity index is 142. The normalized spacial score (nSPS) is 27.1. The van der Waals surface area contributed by atoms with Gasteiger partial charge in [0.05, 0.1) is 11.8 Å². The van der Waals surface area contributed by atoms with Gasteiger partial charge in [-0.2, -0.15) is 0 Å². The molecule has 1 aliphatic rings. The maximum absolute atomic E-state index is 5.09. The molecule has 0 aliphatic carbocycles. The third-order valence-electron chi connectivity index (χ3n) is 1.16. The first kappa shape index (κ1) is 7.56. The third-order valence-corrected chi connectivity index (χ3v) is 1.23. The summed E-state index contributed by atoms with van der Waals surface area (Å²) < 4.78 is 7.97. The van der Waals surface area contributed by atoms with Gasteiger partial charge in [0.25, 0.3) is 0 Å². The molecule has 1 unspecified atom stereocenters. The number of hydrogen-bond acceptors (Lipinski definition) is 3. The zero-order chi connectivity index (χ0) is 7.23. The van der Waals surface area contributed by atoms with E-state index in [0.29, 0.717) is 0 Å². The average molecular weight is 163 g/mol. The van der Waals surface area contributed by atoms with Crippen LogP contribution in [-0.4, -0.2) is 12.8 Å². The largest absolute Gasteiger partial charge is 0.355 e. The van der Waals surface area contributed by atoms with Gasteiger partial charge in [-0.3, -0.25) is 0 Å². The van der Waals surface area contributed by atoms with E-state index in [4.69, 9.17) is 16.5 Å². The predicted octanol–water partition coefficient (Wildman–Crippen LogP) is 2.10. The number of nitrogens with zero attached hydrogens (tertiary/aromatic N) is 4. The van der Waals surface area contributed by atoms with Crippen LogP contribution in [0.1, 0.15) is 12.8 Å². The molecule has 5 nitrogen and oxygen atoms in total. The molecule has 1 aliphatic heterocycles. The highest BCUT2D eigenvalue weighted by Crippen LogP contribution is 2.12. The third kappa shape index (κ3) is 2.36. The molecular weight excluding hydrogens is 156 g/mol. The standard InChI is InChI=1S/C4H7ClN4O/c5-7-9-8-6-4-2-1-3-10-4/h4H,1-3H2. The summed E-state index contributed by atoms with van der Waals surface area (Å²) in [7, 11) is 0. The Hall–Kier alpha value is -0.550. The molecule has 1 saturated heterocycles. The maximum atomic E-state index is 5.09. The minimum atomic E-state index is -0.137. The minimum absolute atomic E-state index is 0.137. The number of hydrogen-bond donors (Lipinski definition) is 0. The van der Waals surface area contributed by atoms with Gasteiger partial charge in [0.2, 0.25) is 0 Å². The summed E-state index contributed by atoms with van der Waals surface area (Å²) >= 11 is 4.85. The lowest BCUT2D eigenvalue weighted by Gasteiger charge is -1.95. The van der Waals surface area contributed by atoms with Crippen molar-refractivity contribution in [2.75, 3.05) is 6.61 Å². The van der Waals surface area contributed by atoms with Crippen molar-refractivity contribution >= 4 is 11.8 Å². The molecule has 0 aromatic carbocycles. The van der Waals surface area contributed by atoms with E-state index >= 15 is 0 Å². The van der Waals surface area contributed by atoms with Crippen LogP contribution < -0.4 is 0 Å². The second kappa shape index (κ2) is 4.29. The van der Waals surface area contributed by atoms with Gasteiger partial charge in [-0.05, 0) is 23.3 Å². The predicted molar refractivity (Wildman–Crippen MR) is 34.5 cm³/mol. The van der Waals surface area contributed by atoms with Crippen LogP contribution in [0, 0.1) is 0 Å². The highest BCUT2D eigenvalue weighted by Gasteiger charge is 2.13. The highest BCUT2D eigenvalue weighted by molar-refractivity contribution is 6.13. The quantitative estimate of drug-likeness (QED) is 0.453. The topological polar surface area (TPSA) is 58.7 Å². The Balaban J connectivity index is 2.22. The lowest BCUT2D eigenvalue weighted by Crippen LogP contribution is -1.97. The molecular formula is C4H7ClN4O. The van der Waals surface area contributed by atoms with Gasteiger partial charge >= 0.3 is 0 Å². The van der Waals surface area contributed by atoms with Crippen LogP contribution in [0.3, 0.4) is 0 Å². The molecule has 1 atom stereocenters. The van der Waals surface area contributed by atoms with E-state index in [1.54, 1.807) is 0 Å². The monoisotopic (exact) mass is 162 g/mol. The van der Waals surface area contributed by atoms with E-state index in [1.807, 2.05) is 0 Å². The maximum Gasteiger partial charge on any atom is 0.170 e. The first-order chi connectivity index (χ1) is 4.93. The van der Waals surface area contributed by atoms with Gasteiger partial charge in [0, 0.05) is 6.61 Å². The zero-order valence-electron chi connectivity index (χ0n) is 5.27. The summed E-state index contributed by atoms with van der Waals surface area (Å²) in [5.41, 5.74) is 0. The summed E-state index contributed by atoms with van der Waals surface area (Å²) in [6.07, 6.45) is 1.80. The van der Waals surface area contributed by atoms with Crippen LogP contribution in [0.5, 0.6) is 0 Å². The summed E-state index contributed by atoms with van der Waals surface area (Å²) in [6, 6.07) is 0. The van der Waals surface area contributed by atoms with E-state index in [1.165, 1.54) is 0 Å². The Morgan fingerprint density at radius 1 is 1.40 bits per heavy atom. The number of ether oxygens (including phenoxy) is 1. The van der Waals surface area contributed by atoms with Crippen molar-refractivity contribution in [2.45, 2.75) is 19.1 Å². The second-order valence-electron chi connectivity index (χ2n) is 1.84. The summed E-state index contributed by atoms with van der Waals surface area (Å²) in [4.78, 5) is 0. The van der Waals surface area contributed by atoms with Crippen LogP contribution >= 0.6 is 11.8 Å². The van der Waals surface area contributed by atoms with E-state index in [2.05, 4.69) is 20.2 Å². The van der Waals surface area contributed by atoms with Gasteiger partial charge in [0.15, 0.2) is 6.23 Å². The van der Waals surface area contributed by atoms with Gasteiger partial charge in [0.1, 0.15) is 0 Å². The molecule has 0 spiro atoms. The van der Waals surface area contributed by atoms with Crippen molar-refractivity contribution in [3.05, 3.63) is 0 Å². The molecule has 0 aromatic rings. The molecule has 0 amide bonds. The second-order valence-corrected chi connectivity index (χ2v) is 1.99. The van der Waals surface area contributed by atoms with Gasteiger partial charge in [-0.15, -0.1) is 5.11 Å². The van der Waals surface area contributed by atoms with Gasteiger partial charge in [-0.25, -0.2) is 0 Å².